The van der Waals surface area contributed by atoms with E-state index in [1.807, 2.05) is 58.3 Å². The number of benzene rings is 3. The Morgan fingerprint density at radius 3 is 2.34 bits per heavy atom. The second-order valence-electron chi connectivity index (χ2n) is 7.19. The lowest BCUT2D eigenvalue weighted by molar-refractivity contribution is 0.0694. The highest BCUT2D eigenvalue weighted by Gasteiger charge is 2.33. The molecule has 146 valence electrons. The Labute approximate surface area is 169 Å². The first-order valence-corrected chi connectivity index (χ1v) is 10.9. The zero-order chi connectivity index (χ0) is 20.0. The van der Waals surface area contributed by atoms with E-state index in [0.29, 0.717) is 43.1 Å². The SMILES string of the molecule is O=C(c1cccc2ccccc12)N1CCN(C2=NS(=O)(=O)c3ccccc32)CC1. The van der Waals surface area contributed by atoms with E-state index >= 15 is 0 Å². The lowest BCUT2D eigenvalue weighted by Gasteiger charge is -2.36. The Morgan fingerprint density at radius 1 is 0.828 bits per heavy atom. The van der Waals surface area contributed by atoms with Crippen LogP contribution in [-0.4, -0.2) is 56.1 Å². The fourth-order valence-corrected chi connectivity index (χ4v) is 5.25. The van der Waals surface area contributed by atoms with Crippen molar-refractivity contribution in [2.24, 2.45) is 4.40 Å². The Morgan fingerprint density at radius 2 is 1.52 bits per heavy atom. The summed E-state index contributed by atoms with van der Waals surface area (Å²) in [7, 11) is -3.64. The molecule has 0 aliphatic carbocycles. The number of hydrogen-bond acceptors (Lipinski definition) is 4. The van der Waals surface area contributed by atoms with Gasteiger partial charge in [-0.15, -0.1) is 4.40 Å². The number of rotatable bonds is 1. The topological polar surface area (TPSA) is 70.1 Å². The molecule has 0 N–H and O–H groups in total. The second kappa shape index (κ2) is 6.70. The molecule has 7 heteroatoms. The maximum absolute atomic E-state index is 13.1. The quantitative estimate of drug-likeness (QED) is 0.624. The summed E-state index contributed by atoms with van der Waals surface area (Å²) in [6.07, 6.45) is 0. The van der Waals surface area contributed by atoms with Gasteiger partial charge in [-0.25, -0.2) is 0 Å². The molecule has 1 fully saturated rings. The van der Waals surface area contributed by atoms with Gasteiger partial charge in [-0.1, -0.05) is 48.5 Å². The third-order valence-electron chi connectivity index (χ3n) is 5.50. The molecule has 5 rings (SSSR count). The summed E-state index contributed by atoms with van der Waals surface area (Å²) in [5.41, 5.74) is 1.34. The van der Waals surface area contributed by atoms with Crippen LogP contribution in [0.2, 0.25) is 0 Å². The lowest BCUT2D eigenvalue weighted by Crippen LogP contribution is -2.50. The van der Waals surface area contributed by atoms with Crippen molar-refractivity contribution in [1.82, 2.24) is 9.80 Å². The number of carbonyl (C=O) groups excluding carboxylic acids is 1. The molecular formula is C22H19N3O3S. The highest BCUT2D eigenvalue weighted by atomic mass is 32.2. The number of amides is 1. The van der Waals surface area contributed by atoms with Crippen molar-refractivity contribution in [2.45, 2.75) is 4.90 Å². The predicted octanol–water partition coefficient (Wildman–Crippen LogP) is 2.75. The van der Waals surface area contributed by atoms with Crippen molar-refractivity contribution in [2.75, 3.05) is 26.2 Å². The Balaban J connectivity index is 1.37. The molecule has 0 spiro atoms. The Bertz CT molecular complexity index is 1250. The number of amidine groups is 1. The zero-order valence-electron chi connectivity index (χ0n) is 15.7. The van der Waals surface area contributed by atoms with Crippen molar-refractivity contribution in [3.05, 3.63) is 77.9 Å². The van der Waals surface area contributed by atoms with Crippen molar-refractivity contribution in [3.8, 4) is 0 Å². The fraction of sp³-hybridized carbons (Fsp3) is 0.182. The first-order chi connectivity index (χ1) is 14.0. The van der Waals surface area contributed by atoms with Crippen LogP contribution in [0, 0.1) is 0 Å². The summed E-state index contributed by atoms with van der Waals surface area (Å²) in [6.45, 7) is 2.12. The lowest BCUT2D eigenvalue weighted by atomic mass is 10.0. The number of carbonyl (C=O) groups is 1. The van der Waals surface area contributed by atoms with E-state index in [4.69, 9.17) is 0 Å². The predicted molar refractivity (Wildman–Crippen MR) is 112 cm³/mol. The van der Waals surface area contributed by atoms with Crippen LogP contribution < -0.4 is 0 Å². The molecule has 1 saturated heterocycles. The molecule has 29 heavy (non-hydrogen) atoms. The third-order valence-corrected chi connectivity index (χ3v) is 6.82. The minimum Gasteiger partial charge on any atom is -0.352 e. The van der Waals surface area contributed by atoms with Crippen LogP contribution in [0.1, 0.15) is 15.9 Å². The molecule has 0 atom stereocenters. The average Bonchev–Trinajstić information content (AvgIpc) is 3.04. The maximum Gasteiger partial charge on any atom is 0.285 e. The minimum atomic E-state index is -3.64. The van der Waals surface area contributed by atoms with E-state index in [9.17, 15) is 13.2 Å². The maximum atomic E-state index is 13.1. The number of fused-ring (bicyclic) bond motifs is 2. The standard InChI is InChI=1S/C22H19N3O3S/c26-22(18-10-5-7-16-6-1-2-8-17(16)18)25-14-12-24(13-15-25)21-19-9-3-4-11-20(19)29(27,28)23-21/h1-11H,12-15H2. The summed E-state index contributed by atoms with van der Waals surface area (Å²) >= 11 is 0. The molecule has 0 radical (unpaired) electrons. The Kier molecular flexibility index (Phi) is 4.13. The minimum absolute atomic E-state index is 0.00262. The molecular weight excluding hydrogens is 386 g/mol. The van der Waals surface area contributed by atoms with E-state index in [2.05, 4.69) is 4.40 Å². The summed E-state index contributed by atoms with van der Waals surface area (Å²) < 4.78 is 28.6. The average molecular weight is 405 g/mol. The van der Waals surface area contributed by atoms with E-state index in [-0.39, 0.29) is 10.8 Å². The van der Waals surface area contributed by atoms with Crippen molar-refractivity contribution >= 4 is 32.5 Å². The first kappa shape index (κ1) is 17.9. The number of nitrogens with zero attached hydrogens (tertiary/aromatic N) is 3. The van der Waals surface area contributed by atoms with Gasteiger partial charge in [0.1, 0.15) is 4.90 Å². The van der Waals surface area contributed by atoms with Crippen molar-refractivity contribution in [3.63, 3.8) is 0 Å². The third kappa shape index (κ3) is 2.98. The van der Waals surface area contributed by atoms with Gasteiger partial charge in [0, 0.05) is 37.3 Å². The normalized spacial score (nSPS) is 17.9. The summed E-state index contributed by atoms with van der Waals surface area (Å²) in [5, 5.41) is 1.99. The van der Waals surface area contributed by atoms with Crippen LogP contribution in [0.5, 0.6) is 0 Å². The molecule has 0 aromatic heterocycles. The highest BCUT2D eigenvalue weighted by Crippen LogP contribution is 2.28. The van der Waals surface area contributed by atoms with Gasteiger partial charge in [-0.05, 0) is 29.0 Å². The van der Waals surface area contributed by atoms with Gasteiger partial charge in [-0.2, -0.15) is 8.42 Å². The van der Waals surface area contributed by atoms with Gasteiger partial charge in [0.05, 0.1) is 0 Å². The van der Waals surface area contributed by atoms with Crippen LogP contribution in [0.4, 0.5) is 0 Å². The molecule has 0 saturated carbocycles. The monoisotopic (exact) mass is 405 g/mol. The smallest absolute Gasteiger partial charge is 0.285 e. The van der Waals surface area contributed by atoms with E-state index in [1.54, 1.807) is 18.2 Å². The van der Waals surface area contributed by atoms with E-state index < -0.39 is 10.0 Å². The van der Waals surface area contributed by atoms with Crippen LogP contribution in [0.25, 0.3) is 10.8 Å². The fourth-order valence-electron chi connectivity index (χ4n) is 4.02. The highest BCUT2D eigenvalue weighted by molar-refractivity contribution is 7.90. The van der Waals surface area contributed by atoms with Gasteiger partial charge in [-0.3, -0.25) is 4.79 Å². The van der Waals surface area contributed by atoms with Gasteiger partial charge in [0.25, 0.3) is 15.9 Å². The van der Waals surface area contributed by atoms with Crippen LogP contribution in [-0.2, 0) is 10.0 Å². The van der Waals surface area contributed by atoms with Crippen molar-refractivity contribution in [1.29, 1.82) is 0 Å². The molecule has 0 unspecified atom stereocenters. The van der Waals surface area contributed by atoms with Gasteiger partial charge >= 0.3 is 0 Å². The zero-order valence-corrected chi connectivity index (χ0v) is 16.5. The summed E-state index contributed by atoms with van der Waals surface area (Å²) in [6, 6.07) is 20.5. The molecule has 6 nitrogen and oxygen atoms in total. The molecule has 2 aliphatic rings. The molecule has 0 bridgehead atoms. The van der Waals surface area contributed by atoms with Gasteiger partial charge in [0.15, 0.2) is 5.84 Å². The molecule has 2 heterocycles. The summed E-state index contributed by atoms with van der Waals surface area (Å²) in [4.78, 5) is 17.2. The van der Waals surface area contributed by atoms with Gasteiger partial charge < -0.3 is 9.80 Å². The number of sulfonamides is 1. The molecule has 1 amide bonds. The van der Waals surface area contributed by atoms with Crippen LogP contribution in [0.15, 0.2) is 76.0 Å². The largest absolute Gasteiger partial charge is 0.352 e. The second-order valence-corrected chi connectivity index (χ2v) is 8.76. The molecule has 3 aromatic rings. The summed E-state index contributed by atoms with van der Waals surface area (Å²) in [5.74, 6) is 0.487. The number of piperazine rings is 1. The molecule has 3 aromatic carbocycles. The first-order valence-electron chi connectivity index (χ1n) is 9.51. The van der Waals surface area contributed by atoms with E-state index in [0.717, 1.165) is 10.8 Å². The molecule has 2 aliphatic heterocycles. The van der Waals surface area contributed by atoms with Crippen LogP contribution >= 0.6 is 0 Å². The van der Waals surface area contributed by atoms with Gasteiger partial charge in [0.2, 0.25) is 0 Å². The number of hydrogen-bond donors (Lipinski definition) is 0. The Hall–Kier alpha value is -3.19. The van der Waals surface area contributed by atoms with Crippen LogP contribution in [0.3, 0.4) is 0 Å². The van der Waals surface area contributed by atoms with Crippen molar-refractivity contribution < 1.29 is 13.2 Å². The van der Waals surface area contributed by atoms with E-state index in [1.165, 1.54) is 0 Å².